The Bertz CT molecular complexity index is 897. The number of benzene rings is 1. The molecule has 0 aliphatic carbocycles. The summed E-state index contributed by atoms with van der Waals surface area (Å²) in [4.78, 5) is 14.8. The van der Waals surface area contributed by atoms with Crippen LogP contribution in [0.3, 0.4) is 0 Å². The van der Waals surface area contributed by atoms with Gasteiger partial charge in [0.1, 0.15) is 5.75 Å². The molecular weight excluding hydrogens is 376 g/mol. The van der Waals surface area contributed by atoms with Gasteiger partial charge in [-0.1, -0.05) is 6.07 Å². The second-order valence-electron chi connectivity index (χ2n) is 8.67. The molecule has 2 saturated heterocycles. The molecule has 0 radical (unpaired) electrons. The van der Waals surface area contributed by atoms with Crippen LogP contribution in [-0.4, -0.2) is 47.7 Å². The van der Waals surface area contributed by atoms with Gasteiger partial charge < -0.3 is 14.4 Å². The van der Waals surface area contributed by atoms with Gasteiger partial charge in [-0.15, -0.1) is 0 Å². The van der Waals surface area contributed by atoms with E-state index >= 15 is 0 Å². The summed E-state index contributed by atoms with van der Waals surface area (Å²) in [6.45, 7) is 6.47. The van der Waals surface area contributed by atoms with Crippen LogP contribution in [-0.2, 0) is 24.3 Å². The number of rotatable bonds is 7. The highest BCUT2D eigenvalue weighted by molar-refractivity contribution is 5.39. The lowest BCUT2D eigenvalue weighted by atomic mass is 9.98. The van der Waals surface area contributed by atoms with Gasteiger partial charge in [0, 0.05) is 62.1 Å². The van der Waals surface area contributed by atoms with Crippen molar-refractivity contribution in [2.24, 2.45) is 0 Å². The van der Waals surface area contributed by atoms with E-state index in [0.717, 1.165) is 43.3 Å². The predicted molar refractivity (Wildman–Crippen MR) is 117 cm³/mol. The maximum absolute atomic E-state index is 5.65. The third-order valence-electron chi connectivity index (χ3n) is 6.88. The Morgan fingerprint density at radius 2 is 2.03 bits per heavy atom. The second-order valence-corrected chi connectivity index (χ2v) is 8.67. The van der Waals surface area contributed by atoms with Crippen molar-refractivity contribution in [1.29, 1.82) is 0 Å². The van der Waals surface area contributed by atoms with E-state index < -0.39 is 0 Å². The first-order chi connectivity index (χ1) is 14.8. The van der Waals surface area contributed by atoms with E-state index in [1.807, 2.05) is 6.92 Å². The number of anilines is 1. The van der Waals surface area contributed by atoms with Crippen molar-refractivity contribution in [2.75, 3.05) is 31.7 Å². The SMILES string of the molecule is CCOCc1cc(CN2[C@H]3CC[C@@H]2c2cnc(N4CCCC4)nc2C3)ccc1OC. The average molecular weight is 409 g/mol. The summed E-state index contributed by atoms with van der Waals surface area (Å²) in [5.41, 5.74) is 5.07. The molecule has 6 heteroatoms. The third-order valence-corrected chi connectivity index (χ3v) is 6.88. The zero-order valence-corrected chi connectivity index (χ0v) is 18.1. The van der Waals surface area contributed by atoms with E-state index in [0.29, 0.717) is 25.3 Å². The van der Waals surface area contributed by atoms with Crippen LogP contribution < -0.4 is 9.64 Å². The molecule has 2 fully saturated rings. The minimum absolute atomic E-state index is 0.434. The molecule has 3 aliphatic rings. The number of ether oxygens (including phenoxy) is 2. The maximum Gasteiger partial charge on any atom is 0.225 e. The van der Waals surface area contributed by atoms with E-state index in [9.17, 15) is 0 Å². The van der Waals surface area contributed by atoms with Crippen molar-refractivity contribution in [1.82, 2.24) is 14.9 Å². The number of methoxy groups -OCH3 is 1. The van der Waals surface area contributed by atoms with Gasteiger partial charge in [0.25, 0.3) is 0 Å². The highest BCUT2D eigenvalue weighted by Gasteiger charge is 2.41. The highest BCUT2D eigenvalue weighted by Crippen LogP contribution is 2.44. The summed E-state index contributed by atoms with van der Waals surface area (Å²) in [6, 6.07) is 7.52. The lowest BCUT2D eigenvalue weighted by Crippen LogP contribution is -2.38. The van der Waals surface area contributed by atoms with Crippen LogP contribution in [0.25, 0.3) is 0 Å². The fourth-order valence-electron chi connectivity index (χ4n) is 5.35. The Kier molecular flexibility index (Phi) is 5.61. The molecular formula is C24H32N4O2. The van der Waals surface area contributed by atoms with Gasteiger partial charge in [-0.3, -0.25) is 4.90 Å². The molecule has 1 aromatic carbocycles. The quantitative estimate of drug-likeness (QED) is 0.693. The molecule has 160 valence electrons. The maximum atomic E-state index is 5.65. The van der Waals surface area contributed by atoms with Gasteiger partial charge in [0.2, 0.25) is 5.95 Å². The molecule has 0 spiro atoms. The predicted octanol–water partition coefficient (Wildman–Crippen LogP) is 3.88. The molecule has 2 atom stereocenters. The first-order valence-corrected chi connectivity index (χ1v) is 11.4. The zero-order valence-electron chi connectivity index (χ0n) is 18.1. The minimum Gasteiger partial charge on any atom is -0.496 e. The molecule has 0 saturated carbocycles. The molecule has 6 nitrogen and oxygen atoms in total. The fourth-order valence-corrected chi connectivity index (χ4v) is 5.35. The standard InChI is InChI=1S/C24H32N4O2/c1-3-30-16-18-12-17(6-9-23(18)29-2)15-28-19-7-8-22(28)20-14-25-24(26-21(20)13-19)27-10-4-5-11-27/h6,9,12,14,19,22H,3-5,7-8,10-11,13,15-16H2,1-2H3/t19-,22+/m0/s1. The van der Waals surface area contributed by atoms with Crippen LogP contribution >= 0.6 is 0 Å². The van der Waals surface area contributed by atoms with Gasteiger partial charge in [0.05, 0.1) is 19.4 Å². The zero-order chi connectivity index (χ0) is 20.5. The van der Waals surface area contributed by atoms with E-state index in [1.165, 1.54) is 42.5 Å². The average Bonchev–Trinajstić information content (AvgIpc) is 3.40. The molecule has 2 bridgehead atoms. The smallest absolute Gasteiger partial charge is 0.225 e. The van der Waals surface area contributed by atoms with Crippen molar-refractivity contribution < 1.29 is 9.47 Å². The number of hydrogen-bond acceptors (Lipinski definition) is 6. The third kappa shape index (κ3) is 3.67. The van der Waals surface area contributed by atoms with Gasteiger partial charge in [0.15, 0.2) is 0 Å². The molecule has 0 N–H and O–H groups in total. The van der Waals surface area contributed by atoms with Crippen LogP contribution in [0.5, 0.6) is 5.75 Å². The van der Waals surface area contributed by atoms with Crippen molar-refractivity contribution in [2.45, 2.75) is 64.3 Å². The summed E-state index contributed by atoms with van der Waals surface area (Å²) in [7, 11) is 1.72. The molecule has 30 heavy (non-hydrogen) atoms. The van der Waals surface area contributed by atoms with Gasteiger partial charge in [-0.05, 0) is 50.3 Å². The largest absolute Gasteiger partial charge is 0.496 e. The number of aromatic nitrogens is 2. The van der Waals surface area contributed by atoms with Gasteiger partial charge in [-0.25, -0.2) is 9.97 Å². The van der Waals surface area contributed by atoms with Crippen molar-refractivity contribution in [3.8, 4) is 5.75 Å². The number of fused-ring (bicyclic) bond motifs is 4. The molecule has 4 heterocycles. The Labute approximate surface area is 179 Å². The summed E-state index contributed by atoms with van der Waals surface area (Å²) in [6.07, 6.45) is 8.11. The van der Waals surface area contributed by atoms with Crippen LogP contribution in [0.1, 0.15) is 61.0 Å². The molecule has 3 aliphatic heterocycles. The normalized spacial score (nSPS) is 23.1. The summed E-state index contributed by atoms with van der Waals surface area (Å²) in [5.74, 6) is 1.84. The first kappa shape index (κ1) is 19.8. The van der Waals surface area contributed by atoms with Crippen LogP contribution in [0.2, 0.25) is 0 Å². The Morgan fingerprint density at radius 3 is 2.83 bits per heavy atom. The van der Waals surface area contributed by atoms with E-state index in [-0.39, 0.29) is 0 Å². The summed E-state index contributed by atoms with van der Waals surface area (Å²) < 4.78 is 11.2. The van der Waals surface area contributed by atoms with Crippen molar-refractivity contribution in [3.05, 3.63) is 46.8 Å². The summed E-state index contributed by atoms with van der Waals surface area (Å²) >= 11 is 0. The van der Waals surface area contributed by atoms with E-state index in [4.69, 9.17) is 19.4 Å². The van der Waals surface area contributed by atoms with Crippen LogP contribution in [0.15, 0.2) is 24.4 Å². The monoisotopic (exact) mass is 408 g/mol. The number of nitrogens with zero attached hydrogens (tertiary/aromatic N) is 4. The van der Waals surface area contributed by atoms with Crippen molar-refractivity contribution >= 4 is 5.95 Å². The van der Waals surface area contributed by atoms with Crippen LogP contribution in [0.4, 0.5) is 5.95 Å². The second kappa shape index (κ2) is 8.52. The Hall–Kier alpha value is -2.18. The minimum atomic E-state index is 0.434. The first-order valence-electron chi connectivity index (χ1n) is 11.4. The molecule has 0 unspecified atom stereocenters. The Balaban J connectivity index is 1.36. The lowest BCUT2D eigenvalue weighted by Gasteiger charge is -2.36. The number of hydrogen-bond donors (Lipinski definition) is 0. The van der Waals surface area contributed by atoms with Gasteiger partial charge in [-0.2, -0.15) is 0 Å². The van der Waals surface area contributed by atoms with Gasteiger partial charge >= 0.3 is 0 Å². The van der Waals surface area contributed by atoms with Crippen LogP contribution in [0, 0.1) is 0 Å². The molecule has 5 rings (SSSR count). The lowest BCUT2D eigenvalue weighted by molar-refractivity contribution is 0.131. The summed E-state index contributed by atoms with van der Waals surface area (Å²) in [5, 5.41) is 0. The van der Waals surface area contributed by atoms with Crippen molar-refractivity contribution in [3.63, 3.8) is 0 Å². The van der Waals surface area contributed by atoms with E-state index in [1.54, 1.807) is 7.11 Å². The highest BCUT2D eigenvalue weighted by atomic mass is 16.5. The molecule has 2 aromatic rings. The molecule has 0 amide bonds. The van der Waals surface area contributed by atoms with E-state index in [2.05, 4.69) is 34.2 Å². The molecule has 1 aromatic heterocycles. The topological polar surface area (TPSA) is 50.7 Å². The fraction of sp³-hybridized carbons (Fsp3) is 0.583. The Morgan fingerprint density at radius 1 is 1.17 bits per heavy atom.